The van der Waals surface area contributed by atoms with E-state index < -0.39 is 0 Å². The summed E-state index contributed by atoms with van der Waals surface area (Å²) in [4.78, 5) is 13.3. The monoisotopic (exact) mass is 264 g/mol. The molecule has 0 amide bonds. The number of hydrogen-bond donors (Lipinski definition) is 0. The van der Waals surface area contributed by atoms with Crippen molar-refractivity contribution < 1.29 is 4.74 Å². The molecule has 0 spiro atoms. The molecule has 1 heterocycles. The lowest BCUT2D eigenvalue weighted by atomic mass is 10.1. The zero-order valence-corrected chi connectivity index (χ0v) is 11.2. The minimum absolute atomic E-state index is 0.0256. The van der Waals surface area contributed by atoms with Crippen molar-refractivity contribution in [2.75, 3.05) is 20.7 Å². The van der Waals surface area contributed by atoms with Gasteiger partial charge < -0.3 is 9.64 Å². The van der Waals surface area contributed by atoms with Crippen LogP contribution in [0.25, 0.3) is 0 Å². The van der Waals surface area contributed by atoms with Crippen molar-refractivity contribution in [1.29, 1.82) is 0 Å². The van der Waals surface area contributed by atoms with Gasteiger partial charge in [-0.05, 0) is 51.1 Å². The van der Waals surface area contributed by atoms with Gasteiger partial charge in [-0.15, -0.1) is 0 Å². The lowest BCUT2D eigenvalue weighted by Gasteiger charge is -2.31. The van der Waals surface area contributed by atoms with Crippen molar-refractivity contribution >= 4 is 23.2 Å². The van der Waals surface area contributed by atoms with Crippen molar-refractivity contribution in [3.8, 4) is 6.01 Å². The highest BCUT2D eigenvalue weighted by Gasteiger charge is 2.22. The van der Waals surface area contributed by atoms with Gasteiger partial charge in [0, 0.05) is 5.54 Å². The summed E-state index contributed by atoms with van der Waals surface area (Å²) in [6.07, 6.45) is 0. The molecule has 0 atom stereocenters. The van der Waals surface area contributed by atoms with Crippen LogP contribution in [-0.4, -0.2) is 46.1 Å². The normalized spacial score (nSPS) is 11.9. The molecular weight excluding hydrogens is 251 g/mol. The first-order valence-electron chi connectivity index (χ1n) is 4.68. The van der Waals surface area contributed by atoms with Crippen LogP contribution in [0.5, 0.6) is 6.01 Å². The quantitative estimate of drug-likeness (QED) is 0.832. The summed E-state index contributed by atoms with van der Waals surface area (Å²) in [5.74, 6) is 0. The van der Waals surface area contributed by atoms with Gasteiger partial charge in [0.25, 0.3) is 0 Å². The van der Waals surface area contributed by atoms with E-state index in [0.717, 1.165) is 0 Å². The molecule has 0 aliphatic rings. The summed E-state index contributed by atoms with van der Waals surface area (Å²) >= 11 is 11.3. The summed E-state index contributed by atoms with van der Waals surface area (Å²) in [6, 6.07) is 0.139. The Balaban J connectivity index is 2.68. The van der Waals surface area contributed by atoms with E-state index >= 15 is 0 Å². The molecule has 5 nitrogen and oxygen atoms in total. The van der Waals surface area contributed by atoms with Crippen LogP contribution < -0.4 is 4.74 Å². The molecule has 0 aromatic carbocycles. The van der Waals surface area contributed by atoms with Gasteiger partial charge in [0.05, 0.1) is 0 Å². The van der Waals surface area contributed by atoms with Crippen LogP contribution in [0.2, 0.25) is 10.6 Å². The zero-order chi connectivity index (χ0) is 12.3. The van der Waals surface area contributed by atoms with E-state index in [1.165, 1.54) is 0 Å². The highest BCUT2D eigenvalue weighted by Crippen LogP contribution is 2.15. The van der Waals surface area contributed by atoms with Crippen LogP contribution in [0.1, 0.15) is 13.8 Å². The lowest BCUT2D eigenvalue weighted by molar-refractivity contribution is 0.107. The number of nitrogens with zero attached hydrogens (tertiary/aromatic N) is 4. The molecule has 0 saturated carbocycles. The molecule has 1 aromatic rings. The lowest BCUT2D eigenvalue weighted by Crippen LogP contribution is -2.43. The Labute approximate surface area is 105 Å². The largest absolute Gasteiger partial charge is 0.461 e. The van der Waals surface area contributed by atoms with E-state index in [1.807, 2.05) is 32.8 Å². The van der Waals surface area contributed by atoms with Crippen LogP contribution in [0.4, 0.5) is 0 Å². The molecule has 0 saturated heterocycles. The zero-order valence-electron chi connectivity index (χ0n) is 9.66. The third-order valence-corrected chi connectivity index (χ3v) is 2.66. The Morgan fingerprint density at radius 2 is 1.62 bits per heavy atom. The van der Waals surface area contributed by atoms with Gasteiger partial charge in [0.1, 0.15) is 6.61 Å². The molecule has 0 radical (unpaired) electrons. The topological polar surface area (TPSA) is 51.1 Å². The first-order valence-corrected chi connectivity index (χ1v) is 5.44. The van der Waals surface area contributed by atoms with Gasteiger partial charge in [-0.2, -0.15) is 15.0 Å². The fourth-order valence-corrected chi connectivity index (χ4v) is 1.09. The van der Waals surface area contributed by atoms with Gasteiger partial charge >= 0.3 is 6.01 Å². The van der Waals surface area contributed by atoms with Gasteiger partial charge in [-0.1, -0.05) is 0 Å². The first kappa shape index (κ1) is 13.4. The van der Waals surface area contributed by atoms with Crippen LogP contribution >= 0.6 is 23.2 Å². The molecule has 1 aromatic heterocycles. The van der Waals surface area contributed by atoms with Gasteiger partial charge in [-0.25, -0.2) is 0 Å². The Kier molecular flexibility index (Phi) is 4.29. The average molecular weight is 265 g/mol. The number of likely N-dealkylation sites (N-methyl/N-ethyl adjacent to an activating group) is 1. The number of halogens is 2. The van der Waals surface area contributed by atoms with E-state index in [-0.39, 0.29) is 22.1 Å². The molecule has 16 heavy (non-hydrogen) atoms. The number of hydrogen-bond acceptors (Lipinski definition) is 5. The van der Waals surface area contributed by atoms with Gasteiger partial charge in [-0.3, -0.25) is 0 Å². The summed E-state index contributed by atoms with van der Waals surface area (Å²) in [5, 5.41) is 0.0512. The summed E-state index contributed by atoms with van der Waals surface area (Å²) in [5.41, 5.74) is -0.133. The van der Waals surface area contributed by atoms with Crippen molar-refractivity contribution in [2.45, 2.75) is 19.4 Å². The summed E-state index contributed by atoms with van der Waals surface area (Å²) < 4.78 is 5.42. The Hall–Kier alpha value is -0.650. The first-order chi connectivity index (χ1) is 7.31. The predicted molar refractivity (Wildman–Crippen MR) is 63.1 cm³/mol. The van der Waals surface area contributed by atoms with Crippen molar-refractivity contribution in [3.05, 3.63) is 10.6 Å². The number of ether oxygens (including phenoxy) is 1. The third kappa shape index (κ3) is 3.73. The molecule has 0 unspecified atom stereocenters. The Morgan fingerprint density at radius 3 is 2.06 bits per heavy atom. The molecule has 90 valence electrons. The van der Waals surface area contributed by atoms with Crippen LogP contribution in [0.15, 0.2) is 0 Å². The minimum atomic E-state index is -0.133. The second-order valence-electron chi connectivity index (χ2n) is 4.15. The maximum atomic E-state index is 5.63. The maximum Gasteiger partial charge on any atom is 0.322 e. The molecule has 7 heteroatoms. The average Bonchev–Trinajstić information content (AvgIpc) is 2.13. The van der Waals surface area contributed by atoms with Crippen LogP contribution in [0.3, 0.4) is 0 Å². The van der Waals surface area contributed by atoms with E-state index in [0.29, 0.717) is 6.61 Å². The SMILES string of the molecule is CN(C)C(C)(C)COc1nc(Cl)nc(Cl)n1. The molecule has 0 aliphatic heterocycles. The second-order valence-corrected chi connectivity index (χ2v) is 4.83. The van der Waals surface area contributed by atoms with E-state index in [2.05, 4.69) is 15.0 Å². The number of rotatable bonds is 4. The highest BCUT2D eigenvalue weighted by molar-refractivity contribution is 6.31. The summed E-state index contributed by atoms with van der Waals surface area (Å²) in [7, 11) is 3.94. The van der Waals surface area contributed by atoms with E-state index in [4.69, 9.17) is 27.9 Å². The van der Waals surface area contributed by atoms with E-state index in [9.17, 15) is 0 Å². The van der Waals surface area contributed by atoms with Crippen molar-refractivity contribution in [2.24, 2.45) is 0 Å². The molecule has 0 bridgehead atoms. The van der Waals surface area contributed by atoms with Gasteiger partial charge in [0.2, 0.25) is 10.6 Å². The fourth-order valence-electron chi connectivity index (χ4n) is 0.744. The van der Waals surface area contributed by atoms with Gasteiger partial charge in [0.15, 0.2) is 0 Å². The molecule has 0 fully saturated rings. The molecule has 0 aliphatic carbocycles. The van der Waals surface area contributed by atoms with Crippen LogP contribution in [-0.2, 0) is 0 Å². The molecule has 0 N–H and O–H groups in total. The summed E-state index contributed by atoms with van der Waals surface area (Å²) in [6.45, 7) is 4.51. The third-order valence-electron chi connectivity index (χ3n) is 2.33. The van der Waals surface area contributed by atoms with E-state index in [1.54, 1.807) is 0 Å². The smallest absolute Gasteiger partial charge is 0.322 e. The fraction of sp³-hybridized carbons (Fsp3) is 0.667. The predicted octanol–water partition coefficient (Wildman–Crippen LogP) is 1.90. The standard InChI is InChI=1S/C9H14Cl2N4O/c1-9(2,15(3)4)5-16-8-13-6(10)12-7(11)14-8/h5H2,1-4H3. The Morgan fingerprint density at radius 1 is 1.12 bits per heavy atom. The molecule has 1 rings (SSSR count). The maximum absolute atomic E-state index is 5.63. The number of aromatic nitrogens is 3. The van der Waals surface area contributed by atoms with Crippen molar-refractivity contribution in [3.63, 3.8) is 0 Å². The Bertz CT molecular complexity index is 350. The second kappa shape index (κ2) is 5.12. The minimum Gasteiger partial charge on any atom is -0.461 e. The van der Waals surface area contributed by atoms with Crippen LogP contribution in [0, 0.1) is 0 Å². The highest BCUT2D eigenvalue weighted by atomic mass is 35.5. The van der Waals surface area contributed by atoms with Crippen molar-refractivity contribution in [1.82, 2.24) is 19.9 Å². The molecular formula is C9H14Cl2N4O.